The van der Waals surface area contributed by atoms with Gasteiger partial charge in [-0.2, -0.15) is 0 Å². The van der Waals surface area contributed by atoms with Crippen LogP contribution < -0.4 is 10.5 Å². The summed E-state index contributed by atoms with van der Waals surface area (Å²) in [7, 11) is -3.82. The lowest BCUT2D eigenvalue weighted by Crippen LogP contribution is -2.13. The fourth-order valence-electron chi connectivity index (χ4n) is 1.97. The van der Waals surface area contributed by atoms with Crippen LogP contribution in [0.1, 0.15) is 10.4 Å². The standard InChI is InChI=1S/C14H9BrFN3O3S2/c15-7-1-3-9(10(16)5-7)13(20)19-14-18-11-4-2-8(24(17,21)22)6-12(11)23-14/h1-6H,(H2,17,21,22)(H,18,19,20). The van der Waals surface area contributed by atoms with E-state index in [0.29, 0.717) is 14.7 Å². The highest BCUT2D eigenvalue weighted by atomic mass is 79.9. The zero-order valence-corrected chi connectivity index (χ0v) is 15.0. The van der Waals surface area contributed by atoms with E-state index in [4.69, 9.17) is 5.14 Å². The van der Waals surface area contributed by atoms with Crippen molar-refractivity contribution < 1.29 is 17.6 Å². The van der Waals surface area contributed by atoms with E-state index in [-0.39, 0.29) is 15.6 Å². The SMILES string of the molecule is NS(=O)(=O)c1ccc2nc(NC(=O)c3ccc(Br)cc3F)sc2c1. The van der Waals surface area contributed by atoms with Gasteiger partial charge in [0.25, 0.3) is 5.91 Å². The number of hydrogen-bond donors (Lipinski definition) is 2. The smallest absolute Gasteiger partial charge is 0.260 e. The Hall–Kier alpha value is -1.88. The average Bonchev–Trinajstić information content (AvgIpc) is 2.87. The third-order valence-corrected chi connectivity index (χ3v) is 5.42. The number of fused-ring (bicyclic) bond motifs is 1. The van der Waals surface area contributed by atoms with Crippen LogP contribution in [0.25, 0.3) is 10.2 Å². The first-order valence-corrected chi connectivity index (χ1v) is 9.59. The van der Waals surface area contributed by atoms with Gasteiger partial charge in [-0.3, -0.25) is 10.1 Å². The molecule has 0 aliphatic carbocycles. The molecule has 0 spiro atoms. The lowest BCUT2D eigenvalue weighted by molar-refractivity contribution is 0.102. The Labute approximate surface area is 148 Å². The first kappa shape index (κ1) is 17.0. The Morgan fingerprint density at radius 3 is 2.67 bits per heavy atom. The van der Waals surface area contributed by atoms with Gasteiger partial charge in [0.1, 0.15) is 5.82 Å². The van der Waals surface area contributed by atoms with Gasteiger partial charge in [0.2, 0.25) is 10.0 Å². The summed E-state index contributed by atoms with van der Waals surface area (Å²) < 4.78 is 37.6. The van der Waals surface area contributed by atoms with Gasteiger partial charge in [-0.25, -0.2) is 22.9 Å². The Morgan fingerprint density at radius 1 is 1.25 bits per heavy atom. The number of carbonyl (C=O) groups excluding carboxylic acids is 1. The highest BCUT2D eigenvalue weighted by Crippen LogP contribution is 2.28. The normalized spacial score (nSPS) is 11.6. The number of nitrogens with two attached hydrogens (primary N) is 1. The van der Waals surface area contributed by atoms with Gasteiger partial charge in [0.05, 0.1) is 20.7 Å². The molecular formula is C14H9BrFN3O3S2. The van der Waals surface area contributed by atoms with Crippen molar-refractivity contribution in [2.75, 3.05) is 5.32 Å². The minimum absolute atomic E-state index is 0.0459. The number of benzene rings is 2. The van der Waals surface area contributed by atoms with Crippen LogP contribution in [0, 0.1) is 5.82 Å². The van der Waals surface area contributed by atoms with Crippen molar-refractivity contribution in [1.82, 2.24) is 4.98 Å². The predicted octanol–water partition coefficient (Wildman–Crippen LogP) is 3.10. The highest BCUT2D eigenvalue weighted by Gasteiger charge is 2.15. The minimum atomic E-state index is -3.82. The quantitative estimate of drug-likeness (QED) is 0.667. The molecule has 3 aromatic rings. The van der Waals surface area contributed by atoms with Crippen LogP contribution in [0.5, 0.6) is 0 Å². The summed E-state index contributed by atoms with van der Waals surface area (Å²) in [5.41, 5.74) is 0.377. The molecule has 1 aromatic heterocycles. The number of sulfonamides is 1. The monoisotopic (exact) mass is 429 g/mol. The van der Waals surface area contributed by atoms with Crippen LogP contribution in [0.2, 0.25) is 0 Å². The summed E-state index contributed by atoms with van der Waals surface area (Å²) in [4.78, 5) is 16.3. The fraction of sp³-hybridized carbons (Fsp3) is 0. The average molecular weight is 430 g/mol. The maximum absolute atomic E-state index is 13.8. The summed E-state index contributed by atoms with van der Waals surface area (Å²) in [6, 6.07) is 8.28. The molecule has 0 fully saturated rings. The topological polar surface area (TPSA) is 102 Å². The van der Waals surface area contributed by atoms with E-state index in [9.17, 15) is 17.6 Å². The second-order valence-corrected chi connectivity index (χ2v) is 8.28. The second kappa shape index (κ2) is 6.20. The largest absolute Gasteiger partial charge is 0.298 e. The molecule has 1 amide bonds. The molecule has 6 nitrogen and oxygen atoms in total. The molecule has 0 bridgehead atoms. The lowest BCUT2D eigenvalue weighted by Gasteiger charge is -2.03. The van der Waals surface area contributed by atoms with Gasteiger partial charge in [-0.15, -0.1) is 0 Å². The van der Waals surface area contributed by atoms with Crippen molar-refractivity contribution in [3.63, 3.8) is 0 Å². The summed E-state index contributed by atoms with van der Waals surface area (Å²) in [5.74, 6) is -1.31. The van der Waals surface area contributed by atoms with Crippen molar-refractivity contribution in [3.05, 3.63) is 52.3 Å². The van der Waals surface area contributed by atoms with Crippen molar-refractivity contribution in [2.24, 2.45) is 5.14 Å². The second-order valence-electron chi connectivity index (χ2n) is 4.77. The van der Waals surface area contributed by atoms with E-state index in [0.717, 1.165) is 11.3 Å². The molecule has 3 rings (SSSR count). The maximum Gasteiger partial charge on any atom is 0.260 e. The lowest BCUT2D eigenvalue weighted by atomic mass is 10.2. The van der Waals surface area contributed by atoms with E-state index < -0.39 is 21.7 Å². The Balaban J connectivity index is 1.91. The molecule has 0 aliphatic heterocycles. The number of nitrogens with zero attached hydrogens (tertiary/aromatic N) is 1. The van der Waals surface area contributed by atoms with Gasteiger partial charge in [0.15, 0.2) is 5.13 Å². The minimum Gasteiger partial charge on any atom is -0.298 e. The number of primary sulfonamides is 1. The number of thiazole rings is 1. The third kappa shape index (κ3) is 3.46. The molecule has 24 heavy (non-hydrogen) atoms. The molecular weight excluding hydrogens is 421 g/mol. The molecule has 2 aromatic carbocycles. The van der Waals surface area contributed by atoms with E-state index in [2.05, 4.69) is 26.2 Å². The number of anilines is 1. The maximum atomic E-state index is 13.8. The molecule has 10 heteroatoms. The zero-order chi connectivity index (χ0) is 17.5. The van der Waals surface area contributed by atoms with Gasteiger partial charge >= 0.3 is 0 Å². The number of nitrogens with one attached hydrogen (secondary N) is 1. The molecule has 3 N–H and O–H groups in total. The number of rotatable bonds is 3. The number of halogens is 2. The van der Waals surface area contributed by atoms with Crippen LogP contribution in [-0.4, -0.2) is 19.3 Å². The van der Waals surface area contributed by atoms with Crippen LogP contribution in [0.3, 0.4) is 0 Å². The molecule has 0 saturated heterocycles. The highest BCUT2D eigenvalue weighted by molar-refractivity contribution is 9.10. The van der Waals surface area contributed by atoms with Crippen LogP contribution in [0.4, 0.5) is 9.52 Å². The summed E-state index contributed by atoms with van der Waals surface area (Å²) in [6.45, 7) is 0. The van der Waals surface area contributed by atoms with E-state index >= 15 is 0 Å². The molecule has 124 valence electrons. The van der Waals surface area contributed by atoms with Gasteiger partial charge in [0, 0.05) is 4.47 Å². The van der Waals surface area contributed by atoms with Gasteiger partial charge in [-0.1, -0.05) is 27.3 Å². The summed E-state index contributed by atoms with van der Waals surface area (Å²) in [6.07, 6.45) is 0. The molecule has 0 aliphatic rings. The van der Waals surface area contributed by atoms with Crippen LogP contribution in [0.15, 0.2) is 45.8 Å². The van der Waals surface area contributed by atoms with Crippen LogP contribution >= 0.6 is 27.3 Å². The van der Waals surface area contributed by atoms with Gasteiger partial charge < -0.3 is 0 Å². The molecule has 1 heterocycles. The van der Waals surface area contributed by atoms with Gasteiger partial charge in [-0.05, 0) is 36.4 Å². The molecule has 0 saturated carbocycles. The van der Waals surface area contributed by atoms with Crippen molar-refractivity contribution in [2.45, 2.75) is 4.90 Å². The Bertz CT molecular complexity index is 1070. The predicted molar refractivity (Wildman–Crippen MR) is 93.0 cm³/mol. The van der Waals surface area contributed by atoms with Crippen LogP contribution in [-0.2, 0) is 10.0 Å². The molecule has 0 atom stereocenters. The first-order chi connectivity index (χ1) is 11.2. The van der Waals surface area contributed by atoms with Crippen molar-refractivity contribution >= 4 is 58.5 Å². The van der Waals surface area contributed by atoms with E-state index in [1.807, 2.05) is 0 Å². The number of amides is 1. The number of aromatic nitrogens is 1. The zero-order valence-electron chi connectivity index (χ0n) is 11.8. The summed E-state index contributed by atoms with van der Waals surface area (Å²) >= 11 is 4.18. The third-order valence-electron chi connectivity index (χ3n) is 3.08. The Kier molecular flexibility index (Phi) is 4.38. The fourth-order valence-corrected chi connectivity index (χ4v) is 3.82. The number of carbonyl (C=O) groups is 1. The first-order valence-electron chi connectivity index (χ1n) is 6.44. The van der Waals surface area contributed by atoms with Crippen molar-refractivity contribution in [1.29, 1.82) is 0 Å². The van der Waals surface area contributed by atoms with Crippen molar-refractivity contribution in [3.8, 4) is 0 Å². The summed E-state index contributed by atoms with van der Waals surface area (Å²) in [5, 5.41) is 7.81. The molecule has 0 unspecified atom stereocenters. The van der Waals surface area contributed by atoms with E-state index in [1.165, 1.54) is 30.3 Å². The van der Waals surface area contributed by atoms with E-state index in [1.54, 1.807) is 6.07 Å². The Morgan fingerprint density at radius 2 is 2.00 bits per heavy atom. The molecule has 0 radical (unpaired) electrons. The number of hydrogen-bond acceptors (Lipinski definition) is 5.